The maximum Gasteiger partial charge on any atom is 0.251 e. The number of aromatic nitrogens is 3. The number of rotatable bonds is 9. The zero-order valence-electron chi connectivity index (χ0n) is 18.5. The number of hydrogen-bond donors (Lipinski definition) is 1. The summed E-state index contributed by atoms with van der Waals surface area (Å²) >= 11 is 0. The van der Waals surface area contributed by atoms with Crippen molar-refractivity contribution in [1.29, 1.82) is 0 Å². The molecule has 9 nitrogen and oxygen atoms in total. The zero-order chi connectivity index (χ0) is 22.3. The lowest BCUT2D eigenvalue weighted by molar-refractivity contribution is 0.0954. The van der Waals surface area contributed by atoms with Gasteiger partial charge in [-0.25, -0.2) is 0 Å². The molecule has 170 valence electrons. The summed E-state index contributed by atoms with van der Waals surface area (Å²) in [6.07, 6.45) is 1.46. The standard InChI is InChI=1S/C23H29N5O4/c1-30-16-20-8-7-19(32-20)15-27-12-10-22-26-25-21(28(22)14-13-27)9-11-24-23(29)17-3-5-18(31-2)6-4-17/h3-8H,9-16H2,1-2H3,(H,24,29). The number of ether oxygens (including phenoxy) is 2. The summed E-state index contributed by atoms with van der Waals surface area (Å²) in [5.41, 5.74) is 0.605. The van der Waals surface area contributed by atoms with Gasteiger partial charge in [-0.2, -0.15) is 0 Å². The van der Waals surface area contributed by atoms with Crippen LogP contribution in [0.3, 0.4) is 0 Å². The van der Waals surface area contributed by atoms with Gasteiger partial charge in [0.2, 0.25) is 0 Å². The Bertz CT molecular complexity index is 1030. The topological polar surface area (TPSA) is 94.6 Å². The van der Waals surface area contributed by atoms with Crippen LogP contribution in [-0.2, 0) is 37.3 Å². The minimum atomic E-state index is -0.110. The van der Waals surface area contributed by atoms with E-state index >= 15 is 0 Å². The number of methoxy groups -OCH3 is 2. The van der Waals surface area contributed by atoms with Gasteiger partial charge in [-0.3, -0.25) is 9.69 Å². The highest BCUT2D eigenvalue weighted by atomic mass is 16.5. The van der Waals surface area contributed by atoms with Crippen LogP contribution in [0, 0.1) is 0 Å². The van der Waals surface area contributed by atoms with Gasteiger partial charge in [-0.1, -0.05) is 0 Å². The second kappa shape index (κ2) is 10.4. The Labute approximate surface area is 187 Å². The zero-order valence-corrected chi connectivity index (χ0v) is 18.5. The van der Waals surface area contributed by atoms with Crippen molar-refractivity contribution in [2.75, 3.05) is 33.9 Å². The summed E-state index contributed by atoms with van der Waals surface area (Å²) in [5.74, 6) is 4.29. The third kappa shape index (κ3) is 5.35. The van der Waals surface area contributed by atoms with Crippen LogP contribution >= 0.6 is 0 Å². The largest absolute Gasteiger partial charge is 0.497 e. The van der Waals surface area contributed by atoms with Crippen molar-refractivity contribution in [2.24, 2.45) is 0 Å². The van der Waals surface area contributed by atoms with Crippen LogP contribution in [-0.4, -0.2) is 59.4 Å². The Morgan fingerprint density at radius 1 is 1.06 bits per heavy atom. The maximum absolute atomic E-state index is 12.4. The highest BCUT2D eigenvalue weighted by Gasteiger charge is 2.19. The first-order valence-electron chi connectivity index (χ1n) is 10.8. The second-order valence-electron chi connectivity index (χ2n) is 7.75. The summed E-state index contributed by atoms with van der Waals surface area (Å²) in [5, 5.41) is 11.7. The lowest BCUT2D eigenvalue weighted by Crippen LogP contribution is -2.28. The molecule has 3 heterocycles. The SMILES string of the molecule is COCc1ccc(CN2CCc3nnc(CCNC(=O)c4ccc(OC)cc4)n3CC2)o1. The number of fused-ring (bicyclic) bond motifs is 1. The third-order valence-corrected chi connectivity index (χ3v) is 5.57. The van der Waals surface area contributed by atoms with Gasteiger partial charge in [0, 0.05) is 51.7 Å². The highest BCUT2D eigenvalue weighted by molar-refractivity contribution is 5.94. The third-order valence-electron chi connectivity index (χ3n) is 5.57. The lowest BCUT2D eigenvalue weighted by atomic mass is 10.2. The first kappa shape index (κ1) is 22.0. The van der Waals surface area contributed by atoms with E-state index in [0.717, 1.165) is 61.5 Å². The van der Waals surface area contributed by atoms with Gasteiger partial charge >= 0.3 is 0 Å². The van der Waals surface area contributed by atoms with Gasteiger partial charge in [0.1, 0.15) is 35.5 Å². The average molecular weight is 440 g/mol. The van der Waals surface area contributed by atoms with Crippen LogP contribution in [0.5, 0.6) is 5.75 Å². The maximum atomic E-state index is 12.4. The Morgan fingerprint density at radius 2 is 1.88 bits per heavy atom. The van der Waals surface area contributed by atoms with Gasteiger partial charge in [-0.15, -0.1) is 10.2 Å². The molecule has 0 saturated heterocycles. The number of hydrogen-bond acceptors (Lipinski definition) is 7. The molecule has 0 fully saturated rings. The summed E-state index contributed by atoms with van der Waals surface area (Å²) in [4.78, 5) is 14.7. The molecule has 0 atom stereocenters. The molecule has 0 spiro atoms. The average Bonchev–Trinajstić information content (AvgIpc) is 3.36. The van der Waals surface area contributed by atoms with Gasteiger partial charge in [0.25, 0.3) is 5.91 Å². The summed E-state index contributed by atoms with van der Waals surface area (Å²) < 4.78 is 18.3. The van der Waals surface area contributed by atoms with Crippen molar-refractivity contribution in [1.82, 2.24) is 25.0 Å². The van der Waals surface area contributed by atoms with E-state index in [1.807, 2.05) is 12.1 Å². The number of nitrogens with one attached hydrogen (secondary N) is 1. The van der Waals surface area contributed by atoms with Crippen molar-refractivity contribution >= 4 is 5.91 Å². The van der Waals surface area contributed by atoms with E-state index in [1.165, 1.54) is 0 Å². The molecule has 1 N–H and O–H groups in total. The van der Waals surface area contributed by atoms with Crippen molar-refractivity contribution in [3.05, 3.63) is 65.1 Å². The summed E-state index contributed by atoms with van der Waals surface area (Å²) in [6.45, 7) is 4.34. The van der Waals surface area contributed by atoms with Crippen LogP contribution in [0.15, 0.2) is 40.8 Å². The van der Waals surface area contributed by atoms with Crippen molar-refractivity contribution < 1.29 is 18.7 Å². The first-order valence-corrected chi connectivity index (χ1v) is 10.8. The van der Waals surface area contributed by atoms with Crippen LogP contribution < -0.4 is 10.1 Å². The van der Waals surface area contributed by atoms with E-state index < -0.39 is 0 Å². The molecule has 0 unspecified atom stereocenters. The van der Waals surface area contributed by atoms with E-state index in [4.69, 9.17) is 13.9 Å². The molecule has 0 bridgehead atoms. The molecule has 1 aromatic carbocycles. The molecule has 0 aliphatic carbocycles. The molecule has 3 aromatic rings. The predicted octanol–water partition coefficient (Wildman–Crippen LogP) is 2.06. The quantitative estimate of drug-likeness (QED) is 0.545. The van der Waals surface area contributed by atoms with Crippen LogP contribution in [0.25, 0.3) is 0 Å². The van der Waals surface area contributed by atoms with Crippen LogP contribution in [0.1, 0.15) is 33.5 Å². The van der Waals surface area contributed by atoms with Crippen molar-refractivity contribution in [2.45, 2.75) is 32.5 Å². The second-order valence-corrected chi connectivity index (χ2v) is 7.75. The van der Waals surface area contributed by atoms with E-state index in [9.17, 15) is 4.79 Å². The number of benzene rings is 1. The molecule has 1 aliphatic heterocycles. The number of amides is 1. The van der Waals surface area contributed by atoms with Crippen LogP contribution in [0.2, 0.25) is 0 Å². The molecular formula is C23H29N5O4. The Kier molecular flexibility index (Phi) is 7.18. The number of nitrogens with zero attached hydrogens (tertiary/aromatic N) is 4. The predicted molar refractivity (Wildman–Crippen MR) is 117 cm³/mol. The molecular weight excluding hydrogens is 410 g/mol. The fourth-order valence-corrected chi connectivity index (χ4v) is 3.85. The normalized spacial score (nSPS) is 14.1. The lowest BCUT2D eigenvalue weighted by Gasteiger charge is -2.18. The number of carbonyl (C=O) groups excluding carboxylic acids is 1. The molecule has 4 rings (SSSR count). The first-order chi connectivity index (χ1) is 15.7. The van der Waals surface area contributed by atoms with Gasteiger partial charge in [0.05, 0.1) is 13.7 Å². The van der Waals surface area contributed by atoms with E-state index in [0.29, 0.717) is 25.1 Å². The molecule has 1 aliphatic rings. The van der Waals surface area contributed by atoms with Gasteiger partial charge in [-0.05, 0) is 36.4 Å². The minimum absolute atomic E-state index is 0.110. The molecule has 32 heavy (non-hydrogen) atoms. The van der Waals surface area contributed by atoms with E-state index in [2.05, 4.69) is 25.0 Å². The van der Waals surface area contributed by atoms with E-state index in [1.54, 1.807) is 38.5 Å². The van der Waals surface area contributed by atoms with Crippen molar-refractivity contribution in [3.8, 4) is 5.75 Å². The molecule has 1 amide bonds. The smallest absolute Gasteiger partial charge is 0.251 e. The monoisotopic (exact) mass is 439 g/mol. The highest BCUT2D eigenvalue weighted by Crippen LogP contribution is 2.15. The fraction of sp³-hybridized carbons (Fsp3) is 0.435. The Morgan fingerprint density at radius 3 is 2.66 bits per heavy atom. The van der Waals surface area contributed by atoms with Gasteiger partial charge < -0.3 is 23.8 Å². The molecule has 9 heteroatoms. The molecule has 2 aromatic heterocycles. The number of furan rings is 1. The summed E-state index contributed by atoms with van der Waals surface area (Å²) in [7, 11) is 3.26. The van der Waals surface area contributed by atoms with Crippen molar-refractivity contribution in [3.63, 3.8) is 0 Å². The molecule has 0 radical (unpaired) electrons. The number of carbonyl (C=O) groups is 1. The minimum Gasteiger partial charge on any atom is -0.497 e. The van der Waals surface area contributed by atoms with E-state index in [-0.39, 0.29) is 5.91 Å². The summed E-state index contributed by atoms with van der Waals surface area (Å²) in [6, 6.07) is 11.0. The Balaban J connectivity index is 1.28. The van der Waals surface area contributed by atoms with Crippen LogP contribution in [0.4, 0.5) is 0 Å². The molecule has 0 saturated carbocycles. The fourth-order valence-electron chi connectivity index (χ4n) is 3.85. The Hall–Kier alpha value is -3.17. The van der Waals surface area contributed by atoms with Gasteiger partial charge in [0.15, 0.2) is 0 Å².